The van der Waals surface area contributed by atoms with E-state index < -0.39 is 0 Å². The number of ether oxygens (including phenoxy) is 1. The lowest BCUT2D eigenvalue weighted by molar-refractivity contribution is 0.242. The first kappa shape index (κ1) is 15.1. The molecule has 2 rings (SSSR count). The van der Waals surface area contributed by atoms with E-state index in [1.807, 2.05) is 14.0 Å². The molecule has 1 unspecified atom stereocenters. The molecule has 0 bridgehead atoms. The maximum Gasteiger partial charge on any atom is 0.264 e. The lowest BCUT2D eigenvalue weighted by Crippen LogP contribution is -2.24. The van der Waals surface area contributed by atoms with Crippen LogP contribution in [0.5, 0.6) is 5.75 Å². The Morgan fingerprint density at radius 2 is 2.15 bits per heavy atom. The Balaban J connectivity index is 1.92. The summed E-state index contributed by atoms with van der Waals surface area (Å²) in [6.45, 7) is 2.24. The SMILES string of the molecule is CNC(C)Cc1noc(COc2ccc(Cl)c(Cl)c2)n1. The molecule has 1 heterocycles. The van der Waals surface area contributed by atoms with Crippen LogP contribution >= 0.6 is 23.2 Å². The Kier molecular flexibility index (Phi) is 5.23. The van der Waals surface area contributed by atoms with E-state index in [-0.39, 0.29) is 12.6 Å². The molecule has 0 spiro atoms. The molecule has 0 saturated heterocycles. The van der Waals surface area contributed by atoms with E-state index in [4.69, 9.17) is 32.5 Å². The van der Waals surface area contributed by atoms with Gasteiger partial charge in [-0.1, -0.05) is 28.4 Å². The van der Waals surface area contributed by atoms with E-state index in [2.05, 4.69) is 15.5 Å². The molecule has 5 nitrogen and oxygen atoms in total. The highest BCUT2D eigenvalue weighted by molar-refractivity contribution is 6.42. The Morgan fingerprint density at radius 1 is 1.35 bits per heavy atom. The number of rotatable bonds is 6. The van der Waals surface area contributed by atoms with Gasteiger partial charge in [0.25, 0.3) is 5.89 Å². The number of benzene rings is 1. The summed E-state index contributed by atoms with van der Waals surface area (Å²) in [5.74, 6) is 1.68. The third-order valence-corrected chi connectivity index (χ3v) is 3.48. The highest BCUT2D eigenvalue weighted by Crippen LogP contribution is 2.26. The van der Waals surface area contributed by atoms with Crippen LogP contribution in [0.3, 0.4) is 0 Å². The standard InChI is InChI=1S/C13H15Cl2N3O2/c1-8(16-2)5-12-17-13(20-18-12)7-19-9-3-4-10(14)11(15)6-9/h3-4,6,8,16H,5,7H2,1-2H3. The van der Waals surface area contributed by atoms with Crippen LogP contribution in [0.25, 0.3) is 0 Å². The van der Waals surface area contributed by atoms with Crippen LogP contribution < -0.4 is 10.1 Å². The van der Waals surface area contributed by atoms with Crippen molar-refractivity contribution in [1.82, 2.24) is 15.5 Å². The lowest BCUT2D eigenvalue weighted by Gasteiger charge is -2.05. The highest BCUT2D eigenvalue weighted by Gasteiger charge is 2.10. The van der Waals surface area contributed by atoms with Crippen LogP contribution in [0.15, 0.2) is 22.7 Å². The Labute approximate surface area is 127 Å². The zero-order chi connectivity index (χ0) is 14.5. The van der Waals surface area contributed by atoms with Crippen LogP contribution in [-0.2, 0) is 13.0 Å². The van der Waals surface area contributed by atoms with Crippen LogP contribution in [-0.4, -0.2) is 23.2 Å². The van der Waals surface area contributed by atoms with Crippen molar-refractivity contribution >= 4 is 23.2 Å². The van der Waals surface area contributed by atoms with Crippen molar-refractivity contribution in [2.75, 3.05) is 7.05 Å². The minimum atomic E-state index is 0.193. The summed E-state index contributed by atoms with van der Waals surface area (Å²) in [6.07, 6.45) is 0.701. The maximum absolute atomic E-state index is 5.90. The van der Waals surface area contributed by atoms with Gasteiger partial charge in [-0.15, -0.1) is 0 Å². The van der Waals surface area contributed by atoms with Gasteiger partial charge in [0.2, 0.25) is 0 Å². The average Bonchev–Trinajstić information content (AvgIpc) is 2.87. The second kappa shape index (κ2) is 6.92. The number of halogens is 2. The molecule has 0 fully saturated rings. The van der Waals surface area contributed by atoms with E-state index >= 15 is 0 Å². The van der Waals surface area contributed by atoms with E-state index in [1.165, 1.54) is 0 Å². The van der Waals surface area contributed by atoms with Crippen molar-refractivity contribution in [3.63, 3.8) is 0 Å². The van der Waals surface area contributed by atoms with Crippen molar-refractivity contribution in [3.8, 4) is 5.75 Å². The molecule has 2 aromatic rings. The van der Waals surface area contributed by atoms with Gasteiger partial charge in [-0.25, -0.2) is 0 Å². The maximum atomic E-state index is 5.90. The summed E-state index contributed by atoms with van der Waals surface area (Å²) < 4.78 is 10.6. The fourth-order valence-corrected chi connectivity index (χ4v) is 1.81. The fourth-order valence-electron chi connectivity index (χ4n) is 1.52. The summed E-state index contributed by atoms with van der Waals surface area (Å²) >= 11 is 11.7. The Bertz CT molecular complexity index is 574. The predicted octanol–water partition coefficient (Wildman–Crippen LogP) is 3.11. The summed E-state index contributed by atoms with van der Waals surface area (Å²) in [7, 11) is 1.89. The van der Waals surface area contributed by atoms with Gasteiger partial charge in [-0.3, -0.25) is 0 Å². The van der Waals surface area contributed by atoms with Gasteiger partial charge in [0.15, 0.2) is 12.4 Å². The molecule has 0 saturated carbocycles. The molecule has 0 amide bonds. The molecule has 7 heteroatoms. The largest absolute Gasteiger partial charge is 0.484 e. The van der Waals surface area contributed by atoms with Crippen LogP contribution in [0, 0.1) is 0 Å². The van der Waals surface area contributed by atoms with Gasteiger partial charge in [-0.05, 0) is 26.1 Å². The molecule has 1 aromatic heterocycles. The van der Waals surface area contributed by atoms with E-state index in [0.29, 0.717) is 33.9 Å². The van der Waals surface area contributed by atoms with E-state index in [9.17, 15) is 0 Å². The number of hydrogen-bond acceptors (Lipinski definition) is 5. The number of nitrogens with one attached hydrogen (secondary N) is 1. The van der Waals surface area contributed by atoms with E-state index in [1.54, 1.807) is 18.2 Å². The quantitative estimate of drug-likeness (QED) is 0.887. The van der Waals surface area contributed by atoms with Crippen LogP contribution in [0.1, 0.15) is 18.6 Å². The molecule has 0 radical (unpaired) electrons. The number of aromatic nitrogens is 2. The molecular weight excluding hydrogens is 301 g/mol. The first-order valence-electron chi connectivity index (χ1n) is 6.15. The lowest BCUT2D eigenvalue weighted by atomic mass is 10.2. The van der Waals surface area contributed by atoms with Gasteiger partial charge in [-0.2, -0.15) is 4.98 Å². The second-order valence-corrected chi connectivity index (χ2v) is 5.18. The first-order chi connectivity index (χ1) is 9.58. The Hall–Kier alpha value is -1.30. The Morgan fingerprint density at radius 3 is 2.85 bits per heavy atom. The van der Waals surface area contributed by atoms with Gasteiger partial charge >= 0.3 is 0 Å². The first-order valence-corrected chi connectivity index (χ1v) is 6.90. The molecule has 108 valence electrons. The normalized spacial score (nSPS) is 12.4. The summed E-state index contributed by atoms with van der Waals surface area (Å²) in [6, 6.07) is 5.34. The molecule has 20 heavy (non-hydrogen) atoms. The third-order valence-electron chi connectivity index (χ3n) is 2.75. The van der Waals surface area contributed by atoms with Crippen molar-refractivity contribution in [3.05, 3.63) is 40.0 Å². The minimum Gasteiger partial charge on any atom is -0.484 e. The number of nitrogens with zero attached hydrogens (tertiary/aromatic N) is 2. The molecule has 1 atom stereocenters. The van der Waals surface area contributed by atoms with Gasteiger partial charge < -0.3 is 14.6 Å². The minimum absolute atomic E-state index is 0.193. The highest BCUT2D eigenvalue weighted by atomic mass is 35.5. The smallest absolute Gasteiger partial charge is 0.264 e. The third kappa shape index (κ3) is 4.10. The zero-order valence-corrected chi connectivity index (χ0v) is 12.7. The molecule has 0 aliphatic carbocycles. The summed E-state index contributed by atoms with van der Waals surface area (Å²) in [5.41, 5.74) is 0. The van der Waals surface area contributed by atoms with Crippen molar-refractivity contribution < 1.29 is 9.26 Å². The number of hydrogen-bond donors (Lipinski definition) is 1. The average molecular weight is 316 g/mol. The zero-order valence-electron chi connectivity index (χ0n) is 11.2. The molecule has 0 aliphatic rings. The molecular formula is C13H15Cl2N3O2. The van der Waals surface area contributed by atoms with Crippen LogP contribution in [0.4, 0.5) is 0 Å². The predicted molar refractivity (Wildman–Crippen MR) is 77.3 cm³/mol. The van der Waals surface area contributed by atoms with Gasteiger partial charge in [0, 0.05) is 18.5 Å². The molecule has 1 N–H and O–H groups in total. The number of likely N-dealkylation sites (N-methyl/N-ethyl adjacent to an activating group) is 1. The van der Waals surface area contributed by atoms with Crippen LogP contribution in [0.2, 0.25) is 10.0 Å². The van der Waals surface area contributed by atoms with Crippen molar-refractivity contribution in [2.24, 2.45) is 0 Å². The molecule has 1 aromatic carbocycles. The van der Waals surface area contributed by atoms with E-state index in [0.717, 1.165) is 0 Å². The summed E-state index contributed by atoms with van der Waals surface area (Å²) in [5, 5.41) is 7.94. The summed E-state index contributed by atoms with van der Waals surface area (Å²) in [4.78, 5) is 4.25. The van der Waals surface area contributed by atoms with Gasteiger partial charge in [0.05, 0.1) is 10.0 Å². The van der Waals surface area contributed by atoms with Gasteiger partial charge in [0.1, 0.15) is 5.75 Å². The topological polar surface area (TPSA) is 60.2 Å². The van der Waals surface area contributed by atoms with Crippen molar-refractivity contribution in [2.45, 2.75) is 26.0 Å². The monoisotopic (exact) mass is 315 g/mol. The molecule has 0 aliphatic heterocycles. The second-order valence-electron chi connectivity index (χ2n) is 4.36. The fraction of sp³-hybridized carbons (Fsp3) is 0.385. The van der Waals surface area contributed by atoms with Crippen molar-refractivity contribution in [1.29, 1.82) is 0 Å².